The van der Waals surface area contributed by atoms with E-state index in [9.17, 15) is 4.79 Å². The Balaban J connectivity index is 1.63. The molecule has 1 unspecified atom stereocenters. The standard InChI is InChI=1S/C22H24N4O2/c1-4-18(22(27)24-21-12-14(3)28-25-21)23-15-10-11-20-17(13-15)16-8-6-7-9-19(16)26(20)5-2/h6-13,18,23H,4-5H2,1-3H3,(H,24,25,27). The number of nitrogens with zero attached hydrogens (tertiary/aromatic N) is 2. The zero-order chi connectivity index (χ0) is 19.7. The first-order valence-corrected chi connectivity index (χ1v) is 9.62. The summed E-state index contributed by atoms with van der Waals surface area (Å²) >= 11 is 0. The van der Waals surface area contributed by atoms with Crippen molar-refractivity contribution in [2.75, 3.05) is 10.6 Å². The minimum atomic E-state index is -0.367. The van der Waals surface area contributed by atoms with E-state index in [0.717, 1.165) is 12.2 Å². The summed E-state index contributed by atoms with van der Waals surface area (Å²) in [6, 6.07) is 16.0. The van der Waals surface area contributed by atoms with Gasteiger partial charge in [0, 0.05) is 40.1 Å². The summed E-state index contributed by atoms with van der Waals surface area (Å²) in [4.78, 5) is 12.6. The van der Waals surface area contributed by atoms with Crippen LogP contribution in [0.2, 0.25) is 0 Å². The van der Waals surface area contributed by atoms with Gasteiger partial charge in [0.25, 0.3) is 0 Å². The second kappa shape index (κ2) is 7.38. The summed E-state index contributed by atoms with van der Waals surface area (Å²) in [5, 5.41) is 12.4. The van der Waals surface area contributed by atoms with Gasteiger partial charge in [-0.3, -0.25) is 4.79 Å². The van der Waals surface area contributed by atoms with E-state index < -0.39 is 0 Å². The molecule has 2 aromatic carbocycles. The Hall–Kier alpha value is -3.28. The third-order valence-corrected chi connectivity index (χ3v) is 5.03. The van der Waals surface area contributed by atoms with E-state index >= 15 is 0 Å². The number of rotatable bonds is 6. The van der Waals surface area contributed by atoms with Crippen LogP contribution >= 0.6 is 0 Å². The number of benzene rings is 2. The summed E-state index contributed by atoms with van der Waals surface area (Å²) < 4.78 is 7.32. The minimum Gasteiger partial charge on any atom is -0.374 e. The summed E-state index contributed by atoms with van der Waals surface area (Å²) in [7, 11) is 0. The van der Waals surface area contributed by atoms with Crippen molar-refractivity contribution < 1.29 is 9.32 Å². The number of anilines is 2. The Morgan fingerprint density at radius 2 is 1.89 bits per heavy atom. The summed E-state index contributed by atoms with van der Waals surface area (Å²) in [6.45, 7) is 6.84. The lowest BCUT2D eigenvalue weighted by Crippen LogP contribution is -2.34. The van der Waals surface area contributed by atoms with Gasteiger partial charge in [0.2, 0.25) is 5.91 Å². The fourth-order valence-electron chi connectivity index (χ4n) is 3.68. The molecule has 6 heteroatoms. The molecule has 4 aromatic rings. The molecule has 0 spiro atoms. The van der Waals surface area contributed by atoms with E-state index in [1.165, 1.54) is 21.8 Å². The minimum absolute atomic E-state index is 0.133. The number of carbonyl (C=O) groups excluding carboxylic acids is 1. The lowest BCUT2D eigenvalue weighted by Gasteiger charge is -2.17. The topological polar surface area (TPSA) is 72.1 Å². The molecule has 0 saturated heterocycles. The van der Waals surface area contributed by atoms with Crippen molar-refractivity contribution in [3.8, 4) is 0 Å². The summed E-state index contributed by atoms with van der Waals surface area (Å²) in [5.41, 5.74) is 3.35. The van der Waals surface area contributed by atoms with Gasteiger partial charge in [-0.05, 0) is 44.5 Å². The van der Waals surface area contributed by atoms with Gasteiger partial charge in [0.15, 0.2) is 5.82 Å². The van der Waals surface area contributed by atoms with Crippen LogP contribution < -0.4 is 10.6 Å². The number of para-hydroxylation sites is 1. The SMILES string of the molecule is CCC(Nc1ccc2c(c1)c1ccccc1n2CC)C(=O)Nc1cc(C)on1. The van der Waals surface area contributed by atoms with Crippen LogP contribution in [-0.4, -0.2) is 21.7 Å². The highest BCUT2D eigenvalue weighted by Gasteiger charge is 2.18. The van der Waals surface area contributed by atoms with Crippen molar-refractivity contribution in [1.82, 2.24) is 9.72 Å². The number of nitrogens with one attached hydrogen (secondary N) is 2. The van der Waals surface area contributed by atoms with Gasteiger partial charge >= 0.3 is 0 Å². The monoisotopic (exact) mass is 376 g/mol. The van der Waals surface area contributed by atoms with Crippen LogP contribution in [-0.2, 0) is 11.3 Å². The van der Waals surface area contributed by atoms with E-state index in [2.05, 4.69) is 63.7 Å². The van der Waals surface area contributed by atoms with Crippen molar-refractivity contribution in [3.63, 3.8) is 0 Å². The molecule has 2 aromatic heterocycles. The molecule has 0 saturated carbocycles. The van der Waals surface area contributed by atoms with Crippen LogP contribution in [0, 0.1) is 6.92 Å². The average Bonchev–Trinajstić information content (AvgIpc) is 3.26. The predicted molar refractivity (Wildman–Crippen MR) is 113 cm³/mol. The molecule has 0 aliphatic heterocycles. The molecule has 2 N–H and O–H groups in total. The average molecular weight is 376 g/mol. The Labute approximate surface area is 163 Å². The molecule has 0 aliphatic rings. The molecule has 0 fully saturated rings. The highest BCUT2D eigenvalue weighted by molar-refractivity contribution is 6.09. The van der Waals surface area contributed by atoms with E-state index in [-0.39, 0.29) is 11.9 Å². The number of hydrogen-bond donors (Lipinski definition) is 2. The van der Waals surface area contributed by atoms with Gasteiger partial charge < -0.3 is 19.7 Å². The second-order valence-corrected chi connectivity index (χ2v) is 6.91. The van der Waals surface area contributed by atoms with Crippen molar-refractivity contribution >= 4 is 39.2 Å². The Bertz CT molecular complexity index is 1140. The first-order valence-electron chi connectivity index (χ1n) is 9.62. The lowest BCUT2D eigenvalue weighted by atomic mass is 10.1. The van der Waals surface area contributed by atoms with Crippen molar-refractivity contribution in [1.29, 1.82) is 0 Å². The molecule has 6 nitrogen and oxygen atoms in total. The maximum Gasteiger partial charge on any atom is 0.248 e. The number of fused-ring (bicyclic) bond motifs is 3. The number of hydrogen-bond acceptors (Lipinski definition) is 4. The van der Waals surface area contributed by atoms with Crippen LogP contribution in [0.4, 0.5) is 11.5 Å². The zero-order valence-electron chi connectivity index (χ0n) is 16.3. The Morgan fingerprint density at radius 3 is 2.61 bits per heavy atom. The second-order valence-electron chi connectivity index (χ2n) is 6.91. The van der Waals surface area contributed by atoms with E-state index in [0.29, 0.717) is 18.0 Å². The van der Waals surface area contributed by atoms with Crippen LogP contribution in [0.1, 0.15) is 26.0 Å². The first kappa shape index (κ1) is 18.1. The van der Waals surface area contributed by atoms with Crippen molar-refractivity contribution in [3.05, 3.63) is 54.3 Å². The van der Waals surface area contributed by atoms with Crippen LogP contribution in [0.5, 0.6) is 0 Å². The fourth-order valence-corrected chi connectivity index (χ4v) is 3.68. The van der Waals surface area contributed by atoms with Gasteiger partial charge in [-0.1, -0.05) is 30.3 Å². The molecule has 1 amide bonds. The molecular weight excluding hydrogens is 352 g/mol. The molecule has 2 heterocycles. The smallest absolute Gasteiger partial charge is 0.248 e. The third kappa shape index (κ3) is 3.22. The van der Waals surface area contributed by atoms with E-state index in [1.54, 1.807) is 13.0 Å². The molecule has 4 rings (SSSR count). The highest BCUT2D eigenvalue weighted by atomic mass is 16.5. The molecular formula is C22H24N4O2. The maximum atomic E-state index is 12.6. The van der Waals surface area contributed by atoms with Crippen LogP contribution in [0.3, 0.4) is 0 Å². The van der Waals surface area contributed by atoms with E-state index in [4.69, 9.17) is 4.52 Å². The normalized spacial score (nSPS) is 12.4. The maximum absolute atomic E-state index is 12.6. The van der Waals surface area contributed by atoms with E-state index in [1.807, 2.05) is 13.0 Å². The van der Waals surface area contributed by atoms with Gasteiger partial charge in [-0.2, -0.15) is 0 Å². The number of amides is 1. The third-order valence-electron chi connectivity index (χ3n) is 5.03. The first-order chi connectivity index (χ1) is 13.6. The quantitative estimate of drug-likeness (QED) is 0.500. The molecule has 144 valence electrons. The molecule has 0 aliphatic carbocycles. The molecule has 0 radical (unpaired) electrons. The Morgan fingerprint density at radius 1 is 1.11 bits per heavy atom. The van der Waals surface area contributed by atoms with Crippen molar-refractivity contribution in [2.45, 2.75) is 39.8 Å². The lowest BCUT2D eigenvalue weighted by molar-refractivity contribution is -0.117. The molecule has 1 atom stereocenters. The van der Waals surface area contributed by atoms with Gasteiger partial charge in [0.1, 0.15) is 11.8 Å². The van der Waals surface area contributed by atoms with Crippen LogP contribution in [0.25, 0.3) is 21.8 Å². The highest BCUT2D eigenvalue weighted by Crippen LogP contribution is 2.31. The molecule has 28 heavy (non-hydrogen) atoms. The Kier molecular flexibility index (Phi) is 4.77. The van der Waals surface area contributed by atoms with Crippen molar-refractivity contribution in [2.24, 2.45) is 0 Å². The summed E-state index contributed by atoms with van der Waals surface area (Å²) in [6.07, 6.45) is 0.650. The largest absolute Gasteiger partial charge is 0.374 e. The van der Waals surface area contributed by atoms with Gasteiger partial charge in [0.05, 0.1) is 0 Å². The zero-order valence-corrected chi connectivity index (χ0v) is 16.3. The number of aromatic nitrogens is 2. The fraction of sp³-hybridized carbons (Fsp3) is 0.273. The number of aryl methyl sites for hydroxylation is 2. The predicted octanol–water partition coefficient (Wildman–Crippen LogP) is 4.94. The van der Waals surface area contributed by atoms with Crippen LogP contribution in [0.15, 0.2) is 53.1 Å². The molecule has 0 bridgehead atoms. The van der Waals surface area contributed by atoms with Gasteiger partial charge in [-0.15, -0.1) is 0 Å². The summed E-state index contributed by atoms with van der Waals surface area (Å²) in [5.74, 6) is 0.963. The number of carbonyl (C=O) groups is 1. The van der Waals surface area contributed by atoms with Gasteiger partial charge in [-0.25, -0.2) is 0 Å².